The molecule has 38 valence electrons. The van der Waals surface area contributed by atoms with E-state index in [1.165, 1.54) is 0 Å². The van der Waals surface area contributed by atoms with Crippen molar-refractivity contribution in [2.75, 3.05) is 13.6 Å². The molecule has 0 N–H and O–H groups in total. The Morgan fingerprint density at radius 3 is 2.71 bits per heavy atom. The fourth-order valence-corrected chi connectivity index (χ4v) is 0.456. The summed E-state index contributed by atoms with van der Waals surface area (Å²) in [7, 11) is 2.00. The summed E-state index contributed by atoms with van der Waals surface area (Å²) < 4.78 is 0. The second kappa shape index (κ2) is 1.52. The summed E-state index contributed by atoms with van der Waals surface area (Å²) in [6.45, 7) is 5.66. The molecule has 0 fully saturated rings. The molecule has 1 aliphatic heterocycles. The van der Waals surface area contributed by atoms with Crippen LogP contribution in [0.3, 0.4) is 0 Å². The number of likely N-dealkylation sites (N-methyl/N-ethyl adjacent to an activating group) is 1. The van der Waals surface area contributed by atoms with Crippen LogP contribution in [0, 0.1) is 6.54 Å². The van der Waals surface area contributed by atoms with Crippen molar-refractivity contribution in [1.82, 2.24) is 4.90 Å². The predicted molar refractivity (Wildman–Crippen MR) is 29.0 cm³/mol. The van der Waals surface area contributed by atoms with Gasteiger partial charge in [-0.05, 0) is 6.92 Å². The first-order valence-electron chi connectivity index (χ1n) is 2.29. The summed E-state index contributed by atoms with van der Waals surface area (Å²) in [6.07, 6.45) is 0. The van der Waals surface area contributed by atoms with Crippen LogP contribution in [-0.4, -0.2) is 24.3 Å². The van der Waals surface area contributed by atoms with Crippen LogP contribution in [0.1, 0.15) is 6.92 Å². The summed E-state index contributed by atoms with van der Waals surface area (Å²) in [4.78, 5) is 5.95. The van der Waals surface area contributed by atoms with Crippen LogP contribution in [0.2, 0.25) is 0 Å². The Bertz CT molecular complexity index is 96.3. The zero-order chi connectivity index (χ0) is 5.28. The molecule has 2 nitrogen and oxygen atoms in total. The molecule has 0 aromatic rings. The van der Waals surface area contributed by atoms with Crippen LogP contribution >= 0.6 is 0 Å². The molecular formula is C5H8N2. The van der Waals surface area contributed by atoms with Gasteiger partial charge in [-0.25, -0.2) is 0 Å². The lowest BCUT2D eigenvalue weighted by Gasteiger charge is -2.06. The number of aliphatic imine (C=N–C) groups is 1. The van der Waals surface area contributed by atoms with Gasteiger partial charge in [-0.15, -0.1) is 0 Å². The molecule has 0 saturated heterocycles. The lowest BCUT2D eigenvalue weighted by Crippen LogP contribution is -2.18. The topological polar surface area (TPSA) is 15.6 Å². The Morgan fingerprint density at radius 1 is 1.86 bits per heavy atom. The molecule has 0 aromatic heterocycles. The van der Waals surface area contributed by atoms with Gasteiger partial charge in [-0.1, -0.05) is 0 Å². The quantitative estimate of drug-likeness (QED) is 0.426. The van der Waals surface area contributed by atoms with Gasteiger partial charge in [0.05, 0.1) is 5.84 Å². The molecule has 0 aromatic carbocycles. The highest BCUT2D eigenvalue weighted by Gasteiger charge is 2.05. The predicted octanol–water partition coefficient (Wildman–Crippen LogP) is 0.389. The molecule has 0 saturated carbocycles. The first-order chi connectivity index (χ1) is 3.30. The monoisotopic (exact) mass is 96.1 g/mol. The van der Waals surface area contributed by atoms with Crippen molar-refractivity contribution in [1.29, 1.82) is 0 Å². The molecule has 7 heavy (non-hydrogen) atoms. The van der Waals surface area contributed by atoms with Gasteiger partial charge in [0.1, 0.15) is 6.54 Å². The van der Waals surface area contributed by atoms with Gasteiger partial charge in [-0.3, -0.25) is 4.99 Å². The molecule has 2 heteroatoms. The van der Waals surface area contributed by atoms with Crippen LogP contribution in [0.5, 0.6) is 0 Å². The smallest absolute Gasteiger partial charge is 0.139 e. The normalized spacial score (nSPS) is 20.3. The van der Waals surface area contributed by atoms with E-state index < -0.39 is 0 Å². The van der Waals surface area contributed by atoms with Crippen molar-refractivity contribution in [2.24, 2.45) is 4.99 Å². The molecule has 1 heterocycles. The standard InChI is InChI=1S/C5H8N2/c1-5-6-3-4-7(5)2/h4H2,1-2H3. The minimum Gasteiger partial charge on any atom is -0.361 e. The summed E-state index contributed by atoms with van der Waals surface area (Å²) in [5.74, 6) is 1.06. The first-order valence-corrected chi connectivity index (χ1v) is 2.29. The largest absolute Gasteiger partial charge is 0.361 e. The third-order valence-corrected chi connectivity index (χ3v) is 1.10. The summed E-state index contributed by atoms with van der Waals surface area (Å²) in [6, 6.07) is 0. The Hall–Kier alpha value is -0.530. The number of hydrogen-bond acceptors (Lipinski definition) is 2. The van der Waals surface area contributed by atoms with Crippen molar-refractivity contribution >= 4 is 5.84 Å². The van der Waals surface area contributed by atoms with E-state index in [9.17, 15) is 0 Å². The van der Waals surface area contributed by atoms with Crippen molar-refractivity contribution in [3.63, 3.8) is 0 Å². The lowest BCUT2D eigenvalue weighted by molar-refractivity contribution is 0.572. The number of rotatable bonds is 0. The van der Waals surface area contributed by atoms with Gasteiger partial charge in [0.2, 0.25) is 0 Å². The summed E-state index contributed by atoms with van der Waals surface area (Å²) in [5, 5.41) is 0. The van der Waals surface area contributed by atoms with Crippen LogP contribution < -0.4 is 0 Å². The highest BCUT2D eigenvalue weighted by atomic mass is 15.2. The van der Waals surface area contributed by atoms with Crippen LogP contribution in [0.15, 0.2) is 4.99 Å². The maximum atomic E-state index is 3.91. The van der Waals surface area contributed by atoms with Gasteiger partial charge in [0.25, 0.3) is 0 Å². The molecular weight excluding hydrogens is 88.1 g/mol. The van der Waals surface area contributed by atoms with Gasteiger partial charge in [0.15, 0.2) is 0 Å². The average Bonchev–Trinajstić information content (AvgIpc) is 1.91. The van der Waals surface area contributed by atoms with Gasteiger partial charge in [-0.2, -0.15) is 0 Å². The van der Waals surface area contributed by atoms with Crippen LogP contribution in [-0.2, 0) is 0 Å². The molecule has 0 unspecified atom stereocenters. The van der Waals surface area contributed by atoms with E-state index >= 15 is 0 Å². The van der Waals surface area contributed by atoms with Gasteiger partial charge < -0.3 is 4.90 Å². The van der Waals surface area contributed by atoms with E-state index in [-0.39, 0.29) is 0 Å². The molecule has 0 amide bonds. The van der Waals surface area contributed by atoms with Gasteiger partial charge >= 0.3 is 0 Å². The van der Waals surface area contributed by atoms with E-state index in [1.807, 2.05) is 18.9 Å². The molecule has 1 aliphatic rings. The Labute approximate surface area is 43.8 Å². The van der Waals surface area contributed by atoms with E-state index in [0.717, 1.165) is 12.4 Å². The molecule has 2 radical (unpaired) electrons. The second-order valence-corrected chi connectivity index (χ2v) is 1.67. The highest BCUT2D eigenvalue weighted by molar-refractivity contribution is 5.81. The van der Waals surface area contributed by atoms with E-state index in [1.54, 1.807) is 0 Å². The minimum atomic E-state index is 0.853. The zero-order valence-electron chi connectivity index (χ0n) is 4.60. The van der Waals surface area contributed by atoms with Crippen molar-refractivity contribution in [3.8, 4) is 0 Å². The maximum absolute atomic E-state index is 3.91. The fraction of sp³-hybridized carbons (Fsp3) is 0.600. The van der Waals surface area contributed by atoms with Crippen LogP contribution in [0.4, 0.5) is 0 Å². The first kappa shape index (κ1) is 4.62. The zero-order valence-corrected chi connectivity index (χ0v) is 4.60. The second-order valence-electron chi connectivity index (χ2n) is 1.67. The fourth-order valence-electron chi connectivity index (χ4n) is 0.456. The third-order valence-electron chi connectivity index (χ3n) is 1.10. The average molecular weight is 96.1 g/mol. The van der Waals surface area contributed by atoms with E-state index in [2.05, 4.69) is 11.5 Å². The Kier molecular flexibility index (Phi) is 1.01. The van der Waals surface area contributed by atoms with Crippen molar-refractivity contribution in [3.05, 3.63) is 6.54 Å². The molecule has 1 rings (SSSR count). The van der Waals surface area contributed by atoms with Gasteiger partial charge in [0, 0.05) is 13.6 Å². The minimum absolute atomic E-state index is 0.853. The molecule has 0 atom stereocenters. The van der Waals surface area contributed by atoms with Crippen LogP contribution in [0.25, 0.3) is 0 Å². The number of amidine groups is 1. The maximum Gasteiger partial charge on any atom is 0.139 e. The number of hydrogen-bond donors (Lipinski definition) is 0. The highest BCUT2D eigenvalue weighted by Crippen LogP contribution is 1.98. The Morgan fingerprint density at radius 2 is 2.57 bits per heavy atom. The van der Waals surface area contributed by atoms with E-state index in [4.69, 9.17) is 0 Å². The Balaban J connectivity index is 2.54. The molecule has 0 spiro atoms. The van der Waals surface area contributed by atoms with Crippen molar-refractivity contribution < 1.29 is 0 Å². The number of nitrogens with zero attached hydrogens (tertiary/aromatic N) is 2. The summed E-state index contributed by atoms with van der Waals surface area (Å²) >= 11 is 0. The van der Waals surface area contributed by atoms with E-state index in [0.29, 0.717) is 0 Å². The SMILES string of the molecule is CC1=N[C]CN1C. The summed E-state index contributed by atoms with van der Waals surface area (Å²) in [5.41, 5.74) is 0. The van der Waals surface area contributed by atoms with Crippen molar-refractivity contribution in [2.45, 2.75) is 6.92 Å². The molecule has 0 aliphatic carbocycles. The lowest BCUT2D eigenvalue weighted by atomic mass is 10.6. The third kappa shape index (κ3) is 0.734. The molecule has 0 bridgehead atoms.